The van der Waals surface area contributed by atoms with Gasteiger partial charge in [0.25, 0.3) is 5.91 Å². The lowest BCUT2D eigenvalue weighted by atomic mass is 9.75. The van der Waals surface area contributed by atoms with Crippen LogP contribution in [0.1, 0.15) is 58.1 Å². The van der Waals surface area contributed by atoms with Crippen molar-refractivity contribution in [1.29, 1.82) is 0 Å². The minimum absolute atomic E-state index is 0.00707. The molecule has 4 rings (SSSR count). The lowest BCUT2D eigenvalue weighted by Gasteiger charge is -2.38. The first kappa shape index (κ1) is 17.5. The Balaban J connectivity index is 1.58. The van der Waals surface area contributed by atoms with E-state index in [1.165, 1.54) is 17.5 Å². The first-order valence-corrected chi connectivity index (χ1v) is 10.1. The van der Waals surface area contributed by atoms with Crippen LogP contribution in [0.2, 0.25) is 0 Å². The molecule has 2 aromatic rings. The number of rotatable bonds is 5. The lowest BCUT2D eigenvalue weighted by molar-refractivity contribution is 0.0235. The first-order chi connectivity index (χ1) is 12.7. The number of fused-ring (bicyclic) bond motifs is 1. The van der Waals surface area contributed by atoms with Crippen molar-refractivity contribution in [1.82, 2.24) is 10.3 Å². The molecule has 0 aliphatic heterocycles. The van der Waals surface area contributed by atoms with Gasteiger partial charge in [0.15, 0.2) is 0 Å². The second-order valence-electron chi connectivity index (χ2n) is 7.27. The summed E-state index contributed by atoms with van der Waals surface area (Å²) in [5.41, 5.74) is 3.50. The second kappa shape index (κ2) is 7.37. The number of methoxy groups -OCH3 is 1. The molecule has 0 spiro atoms. The van der Waals surface area contributed by atoms with E-state index in [1.54, 1.807) is 30.8 Å². The summed E-state index contributed by atoms with van der Waals surface area (Å²) >= 11 is 1.55. The van der Waals surface area contributed by atoms with Crippen LogP contribution in [-0.4, -0.2) is 29.2 Å². The van der Waals surface area contributed by atoms with Crippen LogP contribution in [-0.2, 0) is 12.8 Å². The van der Waals surface area contributed by atoms with E-state index in [0.717, 1.165) is 29.7 Å². The minimum Gasteiger partial charge on any atom is -0.495 e. The average Bonchev–Trinajstić information content (AvgIpc) is 3.08. The molecule has 26 heavy (non-hydrogen) atoms. The summed E-state index contributed by atoms with van der Waals surface area (Å²) in [5, 5.41) is 15.1. The summed E-state index contributed by atoms with van der Waals surface area (Å²) < 4.78 is 5.29. The van der Waals surface area contributed by atoms with Crippen LogP contribution in [0.3, 0.4) is 0 Å². The highest BCUT2D eigenvalue weighted by Gasteiger charge is 2.36. The molecule has 138 valence electrons. The molecule has 1 amide bonds. The summed E-state index contributed by atoms with van der Waals surface area (Å²) in [6.45, 7) is 0. The highest BCUT2D eigenvalue weighted by atomic mass is 32.1. The van der Waals surface area contributed by atoms with E-state index in [-0.39, 0.29) is 24.0 Å². The zero-order chi connectivity index (χ0) is 18.1. The van der Waals surface area contributed by atoms with Crippen LogP contribution >= 0.6 is 11.3 Å². The quantitative estimate of drug-likeness (QED) is 0.845. The Hall–Kier alpha value is -1.92. The predicted octanol–water partition coefficient (Wildman–Crippen LogP) is 3.27. The molecular formula is C20H24N2O3S. The van der Waals surface area contributed by atoms with Crippen molar-refractivity contribution in [3.05, 3.63) is 45.4 Å². The molecule has 0 bridgehead atoms. The van der Waals surface area contributed by atoms with Gasteiger partial charge in [0.2, 0.25) is 0 Å². The van der Waals surface area contributed by atoms with Crippen molar-refractivity contribution in [3.8, 4) is 5.75 Å². The highest BCUT2D eigenvalue weighted by Crippen LogP contribution is 2.39. The number of ether oxygens (including phenoxy) is 1. The maximum atomic E-state index is 13.0. The maximum Gasteiger partial charge on any atom is 0.262 e. The normalized spacial score (nSPS) is 22.8. The van der Waals surface area contributed by atoms with E-state index in [1.807, 2.05) is 6.07 Å². The van der Waals surface area contributed by atoms with Gasteiger partial charge in [-0.05, 0) is 72.6 Å². The van der Waals surface area contributed by atoms with Crippen LogP contribution < -0.4 is 10.1 Å². The van der Waals surface area contributed by atoms with Gasteiger partial charge in [-0.1, -0.05) is 0 Å². The van der Waals surface area contributed by atoms with Crippen molar-refractivity contribution in [2.24, 2.45) is 5.92 Å². The van der Waals surface area contributed by atoms with E-state index < -0.39 is 0 Å². The lowest BCUT2D eigenvalue weighted by Crippen LogP contribution is -2.41. The Bertz CT molecular complexity index is 798. The zero-order valence-corrected chi connectivity index (χ0v) is 15.7. The Morgan fingerprint density at radius 3 is 2.92 bits per heavy atom. The number of carbonyl (C=O) groups excluding carboxylic acids is 1. The standard InChI is InChI=1S/C20H24N2O3S/c1-25-16-8-14(9-21-10-16)18(13-6-15(23)7-13)22-20(24)19-17-5-3-2-4-12(17)11-26-19/h8-11,13,15,18,23H,2-7H2,1H3,(H,22,24)/t13?,15?,18-/m1/s1. The third kappa shape index (κ3) is 3.35. The van der Waals surface area contributed by atoms with Crippen LogP contribution in [0.4, 0.5) is 0 Å². The van der Waals surface area contributed by atoms with E-state index in [2.05, 4.69) is 15.7 Å². The number of aryl methyl sites for hydroxylation is 1. The topological polar surface area (TPSA) is 71.5 Å². The SMILES string of the molecule is COc1cncc([C@H](NC(=O)c2scc3c2CCCC3)C2CC(O)C2)c1. The molecule has 2 aromatic heterocycles. The van der Waals surface area contributed by atoms with E-state index in [0.29, 0.717) is 18.6 Å². The molecule has 1 atom stereocenters. The van der Waals surface area contributed by atoms with E-state index in [9.17, 15) is 9.90 Å². The van der Waals surface area contributed by atoms with Crippen molar-refractivity contribution in [2.45, 2.75) is 50.7 Å². The smallest absolute Gasteiger partial charge is 0.262 e. The van der Waals surface area contributed by atoms with Crippen LogP contribution in [0.5, 0.6) is 5.75 Å². The third-order valence-electron chi connectivity index (χ3n) is 5.55. The van der Waals surface area contributed by atoms with Crippen molar-refractivity contribution in [2.75, 3.05) is 7.11 Å². The number of aromatic nitrogens is 1. The molecule has 1 fully saturated rings. The summed E-state index contributed by atoms with van der Waals surface area (Å²) in [5.74, 6) is 0.890. The number of nitrogens with one attached hydrogen (secondary N) is 1. The molecule has 2 N–H and O–H groups in total. The molecule has 2 aliphatic carbocycles. The minimum atomic E-state index is -0.271. The van der Waals surface area contributed by atoms with Gasteiger partial charge in [-0.3, -0.25) is 9.78 Å². The predicted molar refractivity (Wildman–Crippen MR) is 101 cm³/mol. The van der Waals surface area contributed by atoms with E-state index in [4.69, 9.17) is 4.74 Å². The molecule has 2 aliphatic rings. The zero-order valence-electron chi connectivity index (χ0n) is 14.9. The monoisotopic (exact) mass is 372 g/mol. The number of amides is 1. The van der Waals surface area contributed by atoms with Gasteiger partial charge in [-0.25, -0.2) is 0 Å². The van der Waals surface area contributed by atoms with Gasteiger partial charge in [-0.2, -0.15) is 0 Å². The van der Waals surface area contributed by atoms with Gasteiger partial charge >= 0.3 is 0 Å². The number of hydrogen-bond acceptors (Lipinski definition) is 5. The molecule has 5 nitrogen and oxygen atoms in total. The molecule has 6 heteroatoms. The highest BCUT2D eigenvalue weighted by molar-refractivity contribution is 7.12. The molecule has 1 saturated carbocycles. The van der Waals surface area contributed by atoms with Crippen LogP contribution in [0, 0.1) is 5.92 Å². The Labute approximate surface area is 157 Å². The Kier molecular flexibility index (Phi) is 4.96. The fraction of sp³-hybridized carbons (Fsp3) is 0.500. The van der Waals surface area contributed by atoms with E-state index >= 15 is 0 Å². The second-order valence-corrected chi connectivity index (χ2v) is 8.15. The largest absolute Gasteiger partial charge is 0.495 e. The number of nitrogens with zero attached hydrogens (tertiary/aromatic N) is 1. The van der Waals surface area contributed by atoms with Gasteiger partial charge < -0.3 is 15.2 Å². The number of aliphatic hydroxyl groups excluding tert-OH is 1. The number of aliphatic hydroxyl groups is 1. The number of pyridine rings is 1. The number of hydrogen-bond donors (Lipinski definition) is 2. The molecule has 2 heterocycles. The fourth-order valence-electron chi connectivity index (χ4n) is 4.01. The van der Waals surface area contributed by atoms with Crippen molar-refractivity contribution >= 4 is 17.2 Å². The summed E-state index contributed by atoms with van der Waals surface area (Å²) in [7, 11) is 1.61. The molecular weight excluding hydrogens is 348 g/mol. The Morgan fingerprint density at radius 1 is 1.35 bits per heavy atom. The molecule has 0 radical (unpaired) electrons. The summed E-state index contributed by atoms with van der Waals surface area (Å²) in [4.78, 5) is 18.1. The number of thiophene rings is 1. The molecule has 0 aromatic carbocycles. The van der Waals surface area contributed by atoms with Crippen molar-refractivity contribution in [3.63, 3.8) is 0 Å². The summed E-state index contributed by atoms with van der Waals surface area (Å²) in [6, 6.07) is 1.77. The fourth-order valence-corrected chi connectivity index (χ4v) is 5.07. The van der Waals surface area contributed by atoms with Gasteiger partial charge in [-0.15, -0.1) is 11.3 Å². The van der Waals surface area contributed by atoms with Gasteiger partial charge in [0.05, 0.1) is 30.3 Å². The summed E-state index contributed by atoms with van der Waals surface area (Å²) in [6.07, 6.45) is 9.01. The van der Waals surface area contributed by atoms with Crippen LogP contribution in [0.25, 0.3) is 0 Å². The van der Waals surface area contributed by atoms with Gasteiger partial charge in [0, 0.05) is 6.20 Å². The molecule has 0 saturated heterocycles. The number of carbonyl (C=O) groups is 1. The van der Waals surface area contributed by atoms with Crippen LogP contribution in [0.15, 0.2) is 23.8 Å². The van der Waals surface area contributed by atoms with Crippen molar-refractivity contribution < 1.29 is 14.6 Å². The third-order valence-corrected chi connectivity index (χ3v) is 6.62. The Morgan fingerprint density at radius 2 is 2.15 bits per heavy atom. The maximum absolute atomic E-state index is 13.0. The first-order valence-electron chi connectivity index (χ1n) is 9.23. The molecule has 0 unspecified atom stereocenters. The average molecular weight is 372 g/mol. The van der Waals surface area contributed by atoms with Gasteiger partial charge in [0.1, 0.15) is 5.75 Å².